The van der Waals surface area contributed by atoms with E-state index in [4.69, 9.17) is 14.5 Å². The fraction of sp³-hybridized carbons (Fsp3) is 0.222. The fourth-order valence-electron chi connectivity index (χ4n) is 5.54. The van der Waals surface area contributed by atoms with Crippen LogP contribution in [0.3, 0.4) is 0 Å². The molecule has 0 atom stereocenters. The van der Waals surface area contributed by atoms with E-state index in [1.165, 1.54) is 28.5 Å². The van der Waals surface area contributed by atoms with Gasteiger partial charge in [0, 0.05) is 16.8 Å². The number of fused-ring (bicyclic) bond motifs is 2. The van der Waals surface area contributed by atoms with Crippen LogP contribution in [0.15, 0.2) is 96.0 Å². The van der Waals surface area contributed by atoms with Crippen LogP contribution in [-0.4, -0.2) is 19.2 Å². The van der Waals surface area contributed by atoms with Gasteiger partial charge in [0.05, 0.1) is 12.7 Å². The number of benzene rings is 4. The summed E-state index contributed by atoms with van der Waals surface area (Å²) in [5.74, 6) is 1.21. The molecule has 0 aliphatic heterocycles. The topological polar surface area (TPSA) is 59.9 Å². The first-order valence-electron chi connectivity index (χ1n) is 14.5. The molecular formula is C36H34N2O3S. The van der Waals surface area contributed by atoms with Crippen LogP contribution in [0.4, 0.5) is 10.7 Å². The highest BCUT2D eigenvalue weighted by Crippen LogP contribution is 2.39. The first-order chi connectivity index (χ1) is 20.7. The quantitative estimate of drug-likeness (QED) is 0.188. The molecular weight excluding hydrogens is 540 g/mol. The van der Waals surface area contributed by atoms with Gasteiger partial charge in [-0.05, 0) is 83.5 Å². The molecule has 0 fully saturated rings. The molecule has 6 rings (SSSR count). The molecule has 5 nitrogen and oxygen atoms in total. The Hall–Kier alpha value is -4.42. The highest BCUT2D eigenvalue weighted by molar-refractivity contribution is 7.16. The second-order valence-corrected chi connectivity index (χ2v) is 11.6. The number of rotatable bonds is 8. The van der Waals surface area contributed by atoms with Crippen molar-refractivity contribution in [3.05, 3.63) is 118 Å². The van der Waals surface area contributed by atoms with E-state index in [9.17, 15) is 4.79 Å². The highest BCUT2D eigenvalue weighted by Gasteiger charge is 2.24. The number of hydrogen-bond donors (Lipinski definition) is 1. The number of nitrogens with zero attached hydrogens (tertiary/aromatic N) is 1. The number of nitrogens with one attached hydrogen (secondary N) is 1. The molecule has 0 saturated heterocycles. The standard InChI is InChI=1S/C36H34N2O3S/c1-40-32-22-25(20-21-31(32)41-24-27-14-11-13-26-12-9-10-17-29(26)27)23-37-36-34(35(39)38-28-15-5-4-6-16-28)30-18-7-2-3-8-19-33(30)42-36/h4-6,9-17,20-23H,2-3,7-8,18-19,24H2,1H3,(H,38,39). The number of ether oxygens (including phenoxy) is 2. The van der Waals surface area contributed by atoms with Gasteiger partial charge in [-0.15, -0.1) is 11.3 Å². The highest BCUT2D eigenvalue weighted by atomic mass is 32.1. The number of para-hydroxylation sites is 1. The van der Waals surface area contributed by atoms with Crippen molar-refractivity contribution in [3.8, 4) is 11.5 Å². The molecule has 42 heavy (non-hydrogen) atoms. The number of hydrogen-bond acceptors (Lipinski definition) is 5. The Morgan fingerprint density at radius 2 is 1.67 bits per heavy atom. The lowest BCUT2D eigenvalue weighted by Gasteiger charge is -2.13. The predicted molar refractivity (Wildman–Crippen MR) is 173 cm³/mol. The van der Waals surface area contributed by atoms with Crippen molar-refractivity contribution in [2.45, 2.75) is 45.1 Å². The SMILES string of the molecule is COc1cc(C=Nc2sc3c(c2C(=O)Nc2ccccc2)CCCCCC3)ccc1OCc1cccc2ccccc12. The van der Waals surface area contributed by atoms with E-state index in [2.05, 4.69) is 35.6 Å². The van der Waals surface area contributed by atoms with Crippen LogP contribution in [0.25, 0.3) is 10.8 Å². The molecule has 5 aromatic rings. The Kier molecular flexibility index (Phi) is 8.61. The van der Waals surface area contributed by atoms with Gasteiger partial charge in [-0.3, -0.25) is 4.79 Å². The molecule has 0 bridgehead atoms. The van der Waals surface area contributed by atoms with E-state index < -0.39 is 0 Å². The molecule has 0 spiro atoms. The first-order valence-corrected chi connectivity index (χ1v) is 15.3. The van der Waals surface area contributed by atoms with Crippen molar-refractivity contribution in [3.63, 3.8) is 0 Å². The summed E-state index contributed by atoms with van der Waals surface area (Å²) in [6.07, 6.45) is 8.39. The van der Waals surface area contributed by atoms with Gasteiger partial charge < -0.3 is 14.8 Å². The van der Waals surface area contributed by atoms with Gasteiger partial charge in [0.2, 0.25) is 0 Å². The van der Waals surface area contributed by atoms with Gasteiger partial charge in [0.15, 0.2) is 11.5 Å². The molecule has 1 heterocycles. The molecule has 1 aliphatic carbocycles. The number of aryl methyl sites for hydroxylation is 1. The average Bonchev–Trinajstić information content (AvgIpc) is 3.35. The smallest absolute Gasteiger partial charge is 0.259 e. The Morgan fingerprint density at radius 1 is 0.881 bits per heavy atom. The van der Waals surface area contributed by atoms with Gasteiger partial charge in [0.25, 0.3) is 5.91 Å². The molecule has 1 amide bonds. The van der Waals surface area contributed by atoms with Gasteiger partial charge in [-0.2, -0.15) is 0 Å². The van der Waals surface area contributed by atoms with Crippen LogP contribution in [-0.2, 0) is 19.4 Å². The molecule has 4 aromatic carbocycles. The summed E-state index contributed by atoms with van der Waals surface area (Å²) in [7, 11) is 1.65. The molecule has 1 aromatic heterocycles. The Morgan fingerprint density at radius 3 is 2.52 bits per heavy atom. The van der Waals surface area contributed by atoms with Gasteiger partial charge >= 0.3 is 0 Å². The summed E-state index contributed by atoms with van der Waals surface area (Å²) < 4.78 is 11.9. The number of amides is 1. The lowest BCUT2D eigenvalue weighted by atomic mass is 9.96. The maximum Gasteiger partial charge on any atom is 0.259 e. The predicted octanol–water partition coefficient (Wildman–Crippen LogP) is 9.15. The summed E-state index contributed by atoms with van der Waals surface area (Å²) in [6, 6.07) is 30.0. The van der Waals surface area contributed by atoms with E-state index >= 15 is 0 Å². The minimum atomic E-state index is -0.0961. The first kappa shape index (κ1) is 27.7. The molecule has 1 N–H and O–H groups in total. The number of carbonyl (C=O) groups is 1. The summed E-state index contributed by atoms with van der Waals surface area (Å²) >= 11 is 1.65. The van der Waals surface area contributed by atoms with Crippen LogP contribution < -0.4 is 14.8 Å². The number of aliphatic imine (C=N–C) groups is 1. The van der Waals surface area contributed by atoms with E-state index in [1.54, 1.807) is 18.4 Å². The van der Waals surface area contributed by atoms with Crippen LogP contribution in [0.5, 0.6) is 11.5 Å². The molecule has 212 valence electrons. The summed E-state index contributed by atoms with van der Waals surface area (Å²) in [4.78, 5) is 19.7. The third-order valence-corrected chi connectivity index (χ3v) is 8.89. The zero-order chi connectivity index (χ0) is 28.7. The summed E-state index contributed by atoms with van der Waals surface area (Å²) in [5, 5.41) is 6.22. The van der Waals surface area contributed by atoms with Crippen molar-refractivity contribution in [1.29, 1.82) is 0 Å². The maximum absolute atomic E-state index is 13.6. The van der Waals surface area contributed by atoms with E-state index in [0.717, 1.165) is 53.1 Å². The normalized spacial score (nSPS) is 13.4. The molecule has 1 aliphatic rings. The van der Waals surface area contributed by atoms with E-state index in [0.29, 0.717) is 23.7 Å². The van der Waals surface area contributed by atoms with Crippen molar-refractivity contribution in [1.82, 2.24) is 0 Å². The number of carbonyl (C=O) groups excluding carboxylic acids is 1. The van der Waals surface area contributed by atoms with Crippen molar-refractivity contribution < 1.29 is 14.3 Å². The van der Waals surface area contributed by atoms with Crippen molar-refractivity contribution in [2.75, 3.05) is 12.4 Å². The van der Waals surface area contributed by atoms with E-state index in [-0.39, 0.29) is 5.91 Å². The lowest BCUT2D eigenvalue weighted by Crippen LogP contribution is -2.14. The molecule has 0 unspecified atom stereocenters. The van der Waals surface area contributed by atoms with E-state index in [1.807, 2.05) is 66.9 Å². The zero-order valence-corrected chi connectivity index (χ0v) is 24.6. The fourth-order valence-corrected chi connectivity index (χ4v) is 6.77. The second-order valence-electron chi connectivity index (χ2n) is 10.5. The zero-order valence-electron chi connectivity index (χ0n) is 23.8. The van der Waals surface area contributed by atoms with Crippen molar-refractivity contribution in [2.24, 2.45) is 4.99 Å². The molecule has 0 saturated carbocycles. The van der Waals surface area contributed by atoms with Crippen LogP contribution >= 0.6 is 11.3 Å². The largest absolute Gasteiger partial charge is 0.493 e. The molecule has 6 heteroatoms. The minimum Gasteiger partial charge on any atom is -0.493 e. The minimum absolute atomic E-state index is 0.0961. The maximum atomic E-state index is 13.6. The third-order valence-electron chi connectivity index (χ3n) is 7.69. The summed E-state index contributed by atoms with van der Waals surface area (Å²) in [6.45, 7) is 0.436. The number of anilines is 1. The van der Waals surface area contributed by atoms with Crippen molar-refractivity contribution >= 4 is 44.9 Å². The Labute approximate surface area is 250 Å². The molecule has 0 radical (unpaired) electrons. The lowest BCUT2D eigenvalue weighted by molar-refractivity contribution is 0.102. The third kappa shape index (κ3) is 6.24. The Balaban J connectivity index is 1.25. The Bertz CT molecular complexity index is 1720. The van der Waals surface area contributed by atoms with Crippen LogP contribution in [0.1, 0.15) is 57.6 Å². The van der Waals surface area contributed by atoms with Crippen LogP contribution in [0, 0.1) is 0 Å². The van der Waals surface area contributed by atoms with Gasteiger partial charge in [-0.1, -0.05) is 73.5 Å². The van der Waals surface area contributed by atoms with Gasteiger partial charge in [-0.25, -0.2) is 4.99 Å². The summed E-state index contributed by atoms with van der Waals surface area (Å²) in [5.41, 5.74) is 4.65. The average molecular weight is 575 g/mol. The van der Waals surface area contributed by atoms with Gasteiger partial charge in [0.1, 0.15) is 11.6 Å². The van der Waals surface area contributed by atoms with Crippen LogP contribution in [0.2, 0.25) is 0 Å². The monoisotopic (exact) mass is 574 g/mol. The number of thiophene rings is 1. The second kappa shape index (κ2) is 13.0. The number of methoxy groups -OCH3 is 1.